The Bertz CT molecular complexity index is 2070. The first kappa shape index (κ1) is 24.7. The number of fused-ring (bicyclic) bond motifs is 2. The number of halogens is 2. The lowest BCUT2D eigenvalue weighted by Crippen LogP contribution is -2.14. The van der Waals surface area contributed by atoms with Crippen molar-refractivity contribution in [2.75, 3.05) is 5.32 Å². The maximum atomic E-state index is 16.1. The minimum atomic E-state index is -0.514. The lowest BCUT2D eigenvalue weighted by atomic mass is 10.0. The Morgan fingerprint density at radius 2 is 1.83 bits per heavy atom. The van der Waals surface area contributed by atoms with E-state index in [1.54, 1.807) is 36.5 Å². The number of thiophene rings is 1. The lowest BCUT2D eigenvalue weighted by Gasteiger charge is -2.09. The number of pyridine rings is 2. The van der Waals surface area contributed by atoms with Crippen LogP contribution in [-0.2, 0) is 11.2 Å². The molecule has 200 valence electrons. The van der Waals surface area contributed by atoms with E-state index in [4.69, 9.17) is 0 Å². The van der Waals surface area contributed by atoms with Gasteiger partial charge in [-0.25, -0.2) is 9.37 Å². The molecule has 2 aromatic carbocycles. The summed E-state index contributed by atoms with van der Waals surface area (Å²) in [5, 5.41) is 9.99. The van der Waals surface area contributed by atoms with Crippen molar-refractivity contribution in [2.24, 2.45) is 0 Å². The van der Waals surface area contributed by atoms with Gasteiger partial charge in [0.15, 0.2) is 11.0 Å². The first-order valence-corrected chi connectivity index (χ1v) is 13.4. The normalized spacial score (nSPS) is 11.4. The zero-order valence-corrected chi connectivity index (χ0v) is 22.0. The molecule has 0 spiro atoms. The molecule has 11 heteroatoms. The van der Waals surface area contributed by atoms with Crippen LogP contribution in [0.3, 0.4) is 0 Å². The fraction of sp³-hybridized carbons (Fsp3) is 0.0333. The maximum Gasteiger partial charge on any atom is 0.228 e. The van der Waals surface area contributed by atoms with Gasteiger partial charge in [-0.05, 0) is 42.0 Å². The van der Waals surface area contributed by atoms with Crippen LogP contribution in [0.1, 0.15) is 5.56 Å². The molecule has 41 heavy (non-hydrogen) atoms. The van der Waals surface area contributed by atoms with Crippen LogP contribution >= 0.6 is 11.3 Å². The number of benzene rings is 2. The highest BCUT2D eigenvalue weighted by atomic mass is 32.1. The Morgan fingerprint density at radius 3 is 2.66 bits per heavy atom. The number of carbonyl (C=O) groups excluding carboxylic acids is 1. The second-order valence-electron chi connectivity index (χ2n) is 9.34. The average Bonchev–Trinajstić information content (AvgIpc) is 3.72. The Balaban J connectivity index is 1.24. The van der Waals surface area contributed by atoms with Crippen molar-refractivity contribution in [3.63, 3.8) is 0 Å². The predicted molar refractivity (Wildman–Crippen MR) is 154 cm³/mol. The van der Waals surface area contributed by atoms with Gasteiger partial charge < -0.3 is 10.3 Å². The van der Waals surface area contributed by atoms with Gasteiger partial charge in [-0.15, -0.1) is 11.3 Å². The van der Waals surface area contributed by atoms with Gasteiger partial charge in [0.2, 0.25) is 5.91 Å². The van der Waals surface area contributed by atoms with Gasteiger partial charge in [-0.3, -0.25) is 19.9 Å². The quantitative estimate of drug-likeness (QED) is 0.207. The minimum absolute atomic E-state index is 0.202. The van der Waals surface area contributed by atoms with Crippen LogP contribution in [0.5, 0.6) is 0 Å². The molecule has 7 aromatic rings. The molecule has 0 saturated carbocycles. The molecule has 0 aliphatic carbocycles. The van der Waals surface area contributed by atoms with Gasteiger partial charge in [0.25, 0.3) is 0 Å². The van der Waals surface area contributed by atoms with Crippen LogP contribution in [0.4, 0.5) is 14.5 Å². The molecule has 3 N–H and O–H groups in total. The molecular weight excluding hydrogens is 544 g/mol. The van der Waals surface area contributed by atoms with E-state index in [1.165, 1.54) is 18.5 Å². The SMILES string of the molecule is O=C(Cc1ccccc1)Nc1cncc(-c2ccc3[nH]nc(-c4nc5c(-c6ccc(F)s6)nccc5[nH]4)c3c2F)c1. The average molecular weight is 564 g/mol. The molecule has 0 aliphatic heterocycles. The maximum absolute atomic E-state index is 16.1. The molecule has 0 aliphatic rings. The summed E-state index contributed by atoms with van der Waals surface area (Å²) in [6, 6.07) is 19.2. The summed E-state index contributed by atoms with van der Waals surface area (Å²) in [7, 11) is 0. The zero-order chi connectivity index (χ0) is 27.9. The Hall–Kier alpha value is -5.29. The molecule has 0 radical (unpaired) electrons. The van der Waals surface area contributed by atoms with Gasteiger partial charge in [0, 0.05) is 23.5 Å². The van der Waals surface area contributed by atoms with Crippen molar-refractivity contribution in [1.82, 2.24) is 30.1 Å². The van der Waals surface area contributed by atoms with Crippen LogP contribution < -0.4 is 5.32 Å². The molecular formula is C30H19F2N7OS. The zero-order valence-electron chi connectivity index (χ0n) is 21.2. The van der Waals surface area contributed by atoms with E-state index in [0.717, 1.165) is 16.9 Å². The smallest absolute Gasteiger partial charge is 0.228 e. The number of H-pyrrole nitrogens is 2. The second-order valence-corrected chi connectivity index (χ2v) is 10.4. The summed E-state index contributed by atoms with van der Waals surface area (Å²) < 4.78 is 29.8. The number of aromatic nitrogens is 6. The summed E-state index contributed by atoms with van der Waals surface area (Å²) in [6.07, 6.45) is 4.87. The number of nitrogens with one attached hydrogen (secondary N) is 3. The highest BCUT2D eigenvalue weighted by Crippen LogP contribution is 2.36. The van der Waals surface area contributed by atoms with E-state index in [-0.39, 0.29) is 22.8 Å². The Kier molecular flexibility index (Phi) is 6.05. The van der Waals surface area contributed by atoms with Gasteiger partial charge in [0.05, 0.1) is 39.6 Å². The molecule has 0 bridgehead atoms. The van der Waals surface area contributed by atoms with Crippen LogP contribution in [0.2, 0.25) is 0 Å². The Labute approximate surface area is 235 Å². The molecule has 0 fully saturated rings. The van der Waals surface area contributed by atoms with Gasteiger partial charge >= 0.3 is 0 Å². The van der Waals surface area contributed by atoms with Crippen molar-refractivity contribution < 1.29 is 13.6 Å². The second kappa shape index (κ2) is 10.0. The van der Waals surface area contributed by atoms with Crippen molar-refractivity contribution in [2.45, 2.75) is 6.42 Å². The number of hydrogen-bond donors (Lipinski definition) is 3. The van der Waals surface area contributed by atoms with Crippen molar-refractivity contribution >= 4 is 44.9 Å². The van der Waals surface area contributed by atoms with Crippen LogP contribution in [-0.4, -0.2) is 36.0 Å². The topological polar surface area (TPSA) is 112 Å². The first-order chi connectivity index (χ1) is 20.0. The largest absolute Gasteiger partial charge is 0.336 e. The number of carbonyl (C=O) groups is 1. The van der Waals surface area contributed by atoms with Gasteiger partial charge in [-0.2, -0.15) is 9.49 Å². The number of amides is 1. The first-order valence-electron chi connectivity index (χ1n) is 12.6. The molecule has 8 nitrogen and oxygen atoms in total. The van der Waals surface area contributed by atoms with Crippen molar-refractivity contribution in [3.8, 4) is 33.2 Å². The third-order valence-corrected chi connectivity index (χ3v) is 7.52. The summed E-state index contributed by atoms with van der Waals surface area (Å²) in [6.45, 7) is 0. The highest BCUT2D eigenvalue weighted by molar-refractivity contribution is 7.13. The van der Waals surface area contributed by atoms with E-state index < -0.39 is 5.82 Å². The molecule has 0 atom stereocenters. The van der Waals surface area contributed by atoms with Gasteiger partial charge in [0.1, 0.15) is 22.7 Å². The Morgan fingerprint density at radius 1 is 0.951 bits per heavy atom. The van der Waals surface area contributed by atoms with E-state index >= 15 is 4.39 Å². The minimum Gasteiger partial charge on any atom is -0.336 e. The van der Waals surface area contributed by atoms with E-state index in [9.17, 15) is 9.18 Å². The number of anilines is 1. The van der Waals surface area contributed by atoms with Crippen LogP contribution in [0, 0.1) is 10.9 Å². The molecule has 5 aromatic heterocycles. The fourth-order valence-corrected chi connectivity index (χ4v) is 5.51. The summed E-state index contributed by atoms with van der Waals surface area (Å²) >= 11 is 0.975. The summed E-state index contributed by atoms with van der Waals surface area (Å²) in [5.74, 6) is -0.374. The number of nitrogens with zero attached hydrogens (tertiary/aromatic N) is 4. The number of rotatable bonds is 6. The monoisotopic (exact) mass is 563 g/mol. The molecule has 1 amide bonds. The lowest BCUT2D eigenvalue weighted by molar-refractivity contribution is -0.115. The highest BCUT2D eigenvalue weighted by Gasteiger charge is 2.21. The summed E-state index contributed by atoms with van der Waals surface area (Å²) in [5.41, 5.74) is 4.61. The van der Waals surface area contributed by atoms with Crippen LogP contribution in [0.25, 0.3) is 55.2 Å². The van der Waals surface area contributed by atoms with E-state index in [0.29, 0.717) is 55.5 Å². The molecule has 5 heterocycles. The van der Waals surface area contributed by atoms with E-state index in [1.807, 2.05) is 30.3 Å². The van der Waals surface area contributed by atoms with Crippen molar-refractivity contribution in [3.05, 3.63) is 102 Å². The predicted octanol–water partition coefficient (Wildman–Crippen LogP) is 6.75. The third kappa shape index (κ3) is 4.61. The number of hydrogen-bond acceptors (Lipinski definition) is 6. The number of imidazole rings is 1. The van der Waals surface area contributed by atoms with E-state index in [2.05, 4.69) is 35.5 Å². The number of aromatic amines is 2. The standard InChI is InChI=1S/C30H19F2N7OS/c31-23-9-8-22(41-23)28-27-21(10-11-34-28)36-30(37-27)29-25-20(38-39-29)7-6-19(26(25)32)17-13-18(15-33-14-17)35-24(40)12-16-4-2-1-3-5-16/h1-11,13-15H,12H2,(H,35,40)(H,36,37)(H,38,39). The summed E-state index contributed by atoms with van der Waals surface area (Å²) in [4.78, 5) is 29.7. The fourth-order valence-electron chi connectivity index (χ4n) is 4.78. The molecule has 0 unspecified atom stereocenters. The molecule has 7 rings (SSSR count). The van der Waals surface area contributed by atoms with Crippen molar-refractivity contribution in [1.29, 1.82) is 0 Å². The third-order valence-electron chi connectivity index (χ3n) is 6.64. The van der Waals surface area contributed by atoms with Crippen LogP contribution in [0.15, 0.2) is 85.3 Å². The molecule has 0 saturated heterocycles. The van der Waals surface area contributed by atoms with Gasteiger partial charge in [-0.1, -0.05) is 30.3 Å².